The first-order valence-electron chi connectivity index (χ1n) is 15.5. The number of carbonyl (C=O) groups excluding carboxylic acids is 2. The smallest absolute Gasteiger partial charge is 0.354 e. The van der Waals surface area contributed by atoms with E-state index >= 15 is 0 Å². The fraction of sp³-hybridized carbons (Fsp3) is 0.625. The highest BCUT2D eigenvalue weighted by Gasteiger charge is 2.48. The maximum atomic E-state index is 14.1. The van der Waals surface area contributed by atoms with E-state index in [4.69, 9.17) is 0 Å². The fourth-order valence-electron chi connectivity index (χ4n) is 7.33. The van der Waals surface area contributed by atoms with E-state index in [1.807, 2.05) is 20.9 Å². The topological polar surface area (TPSA) is 90.5 Å². The first-order chi connectivity index (χ1) is 20.4. The van der Waals surface area contributed by atoms with Crippen LogP contribution in [0.15, 0.2) is 30.5 Å². The van der Waals surface area contributed by atoms with Gasteiger partial charge in [0, 0.05) is 42.5 Å². The quantitative estimate of drug-likeness (QED) is 0.415. The Morgan fingerprint density at radius 3 is 2.26 bits per heavy atom. The number of anilines is 2. The van der Waals surface area contributed by atoms with E-state index < -0.39 is 11.7 Å². The van der Waals surface area contributed by atoms with E-state index in [1.165, 1.54) is 0 Å². The summed E-state index contributed by atoms with van der Waals surface area (Å²) >= 11 is 0. The Morgan fingerprint density at radius 2 is 1.65 bits per heavy atom. The molecule has 4 aliphatic rings. The van der Waals surface area contributed by atoms with Gasteiger partial charge in [0.05, 0.1) is 11.3 Å². The Bertz CT molecular complexity index is 1280. The van der Waals surface area contributed by atoms with Crippen molar-refractivity contribution in [3.05, 3.63) is 47.3 Å². The number of rotatable bonds is 8. The van der Waals surface area contributed by atoms with Gasteiger partial charge < -0.3 is 20.4 Å². The molecule has 8 nitrogen and oxygen atoms in total. The van der Waals surface area contributed by atoms with Gasteiger partial charge in [0.2, 0.25) is 11.9 Å². The van der Waals surface area contributed by atoms with Crippen LogP contribution in [0.25, 0.3) is 0 Å². The molecule has 11 heteroatoms. The van der Waals surface area contributed by atoms with E-state index in [0.717, 1.165) is 57.8 Å². The molecule has 2 N–H and O–H groups in total. The Morgan fingerprint density at radius 1 is 1.02 bits per heavy atom. The Hall–Kier alpha value is -3.21. The zero-order chi connectivity index (χ0) is 30.9. The molecule has 6 rings (SSSR count). The van der Waals surface area contributed by atoms with Crippen molar-refractivity contribution in [3.8, 4) is 0 Å². The summed E-state index contributed by atoms with van der Waals surface area (Å²) in [6, 6.07) is 6.99. The van der Waals surface area contributed by atoms with Crippen LogP contribution in [0.4, 0.5) is 24.8 Å². The number of fused-ring (bicyclic) bond motifs is 3. The van der Waals surface area contributed by atoms with Crippen molar-refractivity contribution in [2.75, 3.05) is 32.5 Å². The van der Waals surface area contributed by atoms with E-state index in [-0.39, 0.29) is 65.6 Å². The van der Waals surface area contributed by atoms with Crippen LogP contribution in [-0.4, -0.2) is 70.9 Å². The lowest BCUT2D eigenvalue weighted by atomic mass is 9.57. The van der Waals surface area contributed by atoms with Gasteiger partial charge in [-0.1, -0.05) is 0 Å². The average Bonchev–Trinajstić information content (AvgIpc) is 2.97. The molecule has 1 saturated heterocycles. The zero-order valence-electron chi connectivity index (χ0n) is 25.5. The van der Waals surface area contributed by atoms with Gasteiger partial charge >= 0.3 is 6.18 Å². The first kappa shape index (κ1) is 31.2. The van der Waals surface area contributed by atoms with Gasteiger partial charge in [0.15, 0.2) is 0 Å². The number of hydrogen-bond donors (Lipinski definition) is 2. The second-order valence-corrected chi connectivity index (χ2v) is 12.9. The highest BCUT2D eigenvalue weighted by Crippen LogP contribution is 2.50. The minimum Gasteiger partial charge on any atom is -0.354 e. The molecule has 3 saturated carbocycles. The monoisotopic (exact) mass is 600 g/mol. The number of likely N-dealkylation sites (tertiary alicyclic amines) is 1. The van der Waals surface area contributed by atoms with Crippen molar-refractivity contribution < 1.29 is 22.8 Å². The van der Waals surface area contributed by atoms with Crippen LogP contribution in [0.2, 0.25) is 0 Å². The molecule has 1 aromatic heterocycles. The Kier molecular flexibility index (Phi) is 9.29. The van der Waals surface area contributed by atoms with Crippen LogP contribution >= 0.6 is 0 Å². The molecule has 3 aliphatic carbocycles. The van der Waals surface area contributed by atoms with Gasteiger partial charge in [-0.3, -0.25) is 9.59 Å². The second kappa shape index (κ2) is 12.8. The van der Waals surface area contributed by atoms with Gasteiger partial charge in [-0.2, -0.15) is 13.2 Å². The van der Waals surface area contributed by atoms with Crippen molar-refractivity contribution in [3.63, 3.8) is 0 Å². The molecular formula is C32H43F3N6O2. The van der Waals surface area contributed by atoms with Crippen molar-refractivity contribution in [1.29, 1.82) is 0 Å². The number of aromatic nitrogens is 2. The lowest BCUT2D eigenvalue weighted by Crippen LogP contribution is -2.50. The summed E-state index contributed by atoms with van der Waals surface area (Å²) in [6.07, 6.45) is 1.88. The van der Waals surface area contributed by atoms with Gasteiger partial charge in [-0.05, 0) is 121 Å². The summed E-state index contributed by atoms with van der Waals surface area (Å²) in [5.41, 5.74) is 0.158. The molecule has 0 unspecified atom stereocenters. The van der Waals surface area contributed by atoms with Gasteiger partial charge in [0.25, 0.3) is 5.91 Å². The maximum absolute atomic E-state index is 14.1. The summed E-state index contributed by atoms with van der Waals surface area (Å²) in [5.74, 6) is -0.226. The van der Waals surface area contributed by atoms with Crippen LogP contribution in [0.3, 0.4) is 0 Å². The van der Waals surface area contributed by atoms with Crippen LogP contribution in [0.5, 0.6) is 0 Å². The average molecular weight is 601 g/mol. The van der Waals surface area contributed by atoms with Crippen LogP contribution in [0.1, 0.15) is 74.0 Å². The largest absolute Gasteiger partial charge is 0.419 e. The molecule has 0 spiro atoms. The number of benzene rings is 1. The van der Waals surface area contributed by atoms with Crippen molar-refractivity contribution in [1.82, 2.24) is 25.1 Å². The number of nitrogens with zero attached hydrogens (tertiary/aromatic N) is 4. The normalized spacial score (nSPS) is 24.7. The molecule has 43 heavy (non-hydrogen) atoms. The summed E-state index contributed by atoms with van der Waals surface area (Å²) in [5, 5.41) is 6.03. The second-order valence-electron chi connectivity index (χ2n) is 12.9. The van der Waals surface area contributed by atoms with Crippen LogP contribution in [0, 0.1) is 23.7 Å². The third kappa shape index (κ3) is 7.13. The van der Waals surface area contributed by atoms with Crippen molar-refractivity contribution in [2.45, 2.75) is 77.1 Å². The first-order valence-corrected chi connectivity index (χ1v) is 15.5. The molecular weight excluding hydrogens is 557 g/mol. The van der Waals surface area contributed by atoms with E-state index in [0.29, 0.717) is 11.3 Å². The number of halogens is 3. The number of hydrogen-bond acceptors (Lipinski definition) is 6. The molecule has 2 atom stereocenters. The summed E-state index contributed by atoms with van der Waals surface area (Å²) in [4.78, 5) is 38.7. The molecule has 4 fully saturated rings. The maximum Gasteiger partial charge on any atom is 0.419 e. The lowest BCUT2D eigenvalue weighted by molar-refractivity contribution is -0.139. The number of nitrogens with one attached hydrogen (secondary N) is 2. The molecule has 2 aromatic rings. The van der Waals surface area contributed by atoms with E-state index in [9.17, 15) is 22.8 Å². The third-order valence-electron chi connectivity index (χ3n) is 9.67. The highest BCUT2D eigenvalue weighted by atomic mass is 19.4. The molecule has 234 valence electrons. The Balaban J connectivity index is 1.33. The van der Waals surface area contributed by atoms with Crippen LogP contribution in [-0.2, 0) is 17.4 Å². The number of amides is 2. The molecule has 0 radical (unpaired) electrons. The third-order valence-corrected chi connectivity index (χ3v) is 9.67. The lowest BCUT2D eigenvalue weighted by Gasteiger charge is -2.48. The summed E-state index contributed by atoms with van der Waals surface area (Å²) < 4.78 is 42.3. The predicted molar refractivity (Wildman–Crippen MR) is 159 cm³/mol. The predicted octanol–water partition coefficient (Wildman–Crippen LogP) is 5.52. The van der Waals surface area contributed by atoms with Crippen LogP contribution < -0.4 is 10.6 Å². The van der Waals surface area contributed by atoms with Gasteiger partial charge in [-0.15, -0.1) is 0 Å². The minimum atomic E-state index is -4.61. The van der Waals surface area contributed by atoms with Gasteiger partial charge in [0.1, 0.15) is 0 Å². The standard InChI is InChI=1S/C32H43F3N6O2/c1-19(2)37-29(42)28-21-7-5-20(6-8-21)25(28)17-27-26(32(33,34)35)18-36-31(39-27)38-23-11-9-22(10-12-23)30(43)41(4)24-13-15-40(3)16-14-24/h9-12,18-21,24-25,28H,5-8,13-17H2,1-4H3,(H,37,42)(H,36,38,39)/t20?,21?,25-,28+/m1/s1. The zero-order valence-corrected chi connectivity index (χ0v) is 25.5. The highest BCUT2D eigenvalue weighted by molar-refractivity contribution is 5.94. The molecule has 2 bridgehead atoms. The number of carbonyl (C=O) groups is 2. The Labute approximate surface area is 251 Å². The van der Waals surface area contributed by atoms with Crippen molar-refractivity contribution >= 4 is 23.5 Å². The number of alkyl halides is 3. The van der Waals surface area contributed by atoms with E-state index in [1.54, 1.807) is 29.2 Å². The molecule has 2 heterocycles. The van der Waals surface area contributed by atoms with Gasteiger partial charge in [-0.25, -0.2) is 9.97 Å². The summed E-state index contributed by atoms with van der Waals surface area (Å²) in [6.45, 7) is 5.70. The minimum absolute atomic E-state index is 0.0365. The fourth-order valence-corrected chi connectivity index (χ4v) is 7.33. The molecule has 2 amide bonds. The molecule has 1 aromatic carbocycles. The molecule has 1 aliphatic heterocycles. The van der Waals surface area contributed by atoms with E-state index in [2.05, 4.69) is 32.5 Å². The summed E-state index contributed by atoms with van der Waals surface area (Å²) in [7, 11) is 3.91. The SMILES string of the molecule is CC(C)NC(=O)[C@H]1C2CCC(CC2)[C@H]1Cc1nc(Nc2ccc(C(=O)N(C)C3CCN(C)CC3)cc2)ncc1C(F)(F)F. The van der Waals surface area contributed by atoms with Crippen molar-refractivity contribution in [2.24, 2.45) is 23.7 Å². The number of piperidine rings is 1.